The summed E-state index contributed by atoms with van der Waals surface area (Å²) in [4.78, 5) is 27.1. The number of carbonyl (C=O) groups excluding carboxylic acids is 1. The van der Waals surface area contributed by atoms with Crippen LogP contribution in [0.2, 0.25) is 10.0 Å². The third-order valence-corrected chi connectivity index (χ3v) is 4.30. The van der Waals surface area contributed by atoms with Crippen molar-refractivity contribution in [3.05, 3.63) is 75.6 Å². The lowest BCUT2D eigenvalue weighted by Gasteiger charge is -2.03. The van der Waals surface area contributed by atoms with Crippen LogP contribution >= 0.6 is 23.2 Å². The third kappa shape index (κ3) is 4.04. The molecule has 1 heterocycles. The predicted octanol–water partition coefficient (Wildman–Crippen LogP) is 4.28. The van der Waals surface area contributed by atoms with Gasteiger partial charge in [0, 0.05) is 12.1 Å². The predicted molar refractivity (Wildman–Crippen MR) is 96.5 cm³/mol. The Morgan fingerprint density at radius 3 is 2.46 bits per heavy atom. The minimum atomic E-state index is -1.00. The number of hydrogen-bond acceptors (Lipinski definition) is 4. The summed E-state index contributed by atoms with van der Waals surface area (Å²) in [5.41, 5.74) is 1.66. The van der Waals surface area contributed by atoms with Crippen molar-refractivity contribution in [2.24, 2.45) is 0 Å². The highest BCUT2D eigenvalue weighted by atomic mass is 35.5. The van der Waals surface area contributed by atoms with Crippen molar-refractivity contribution in [3.63, 3.8) is 0 Å². The average molecular weight is 391 g/mol. The first-order chi connectivity index (χ1) is 12.4. The fourth-order valence-corrected chi connectivity index (χ4v) is 2.48. The molecule has 0 fully saturated rings. The second-order valence-electron chi connectivity index (χ2n) is 5.35. The van der Waals surface area contributed by atoms with E-state index in [2.05, 4.69) is 10.3 Å². The number of rotatable bonds is 5. The van der Waals surface area contributed by atoms with Crippen LogP contribution in [0.4, 0.5) is 0 Å². The van der Waals surface area contributed by atoms with E-state index >= 15 is 0 Å². The van der Waals surface area contributed by atoms with E-state index in [4.69, 9.17) is 32.7 Å². The van der Waals surface area contributed by atoms with Gasteiger partial charge in [0.25, 0.3) is 5.91 Å². The summed E-state index contributed by atoms with van der Waals surface area (Å²) in [6.07, 6.45) is 1.25. The fourth-order valence-electron chi connectivity index (χ4n) is 2.18. The number of amides is 1. The number of oxazole rings is 1. The molecule has 0 aliphatic rings. The van der Waals surface area contributed by atoms with E-state index in [1.165, 1.54) is 18.4 Å². The summed E-state index contributed by atoms with van der Waals surface area (Å²) >= 11 is 11.8. The number of aromatic carboxylic acids is 1. The molecule has 0 spiro atoms. The largest absolute Gasteiger partial charge is 0.478 e. The summed E-state index contributed by atoms with van der Waals surface area (Å²) in [6, 6.07) is 11.1. The Hall–Kier alpha value is -2.83. The maximum atomic E-state index is 12.2. The fraction of sp³-hybridized carbons (Fsp3) is 0.0556. The molecular formula is C18H12Cl2N2O4. The second-order valence-corrected chi connectivity index (χ2v) is 6.17. The quantitative estimate of drug-likeness (QED) is 0.678. The van der Waals surface area contributed by atoms with Crippen LogP contribution in [-0.4, -0.2) is 22.0 Å². The van der Waals surface area contributed by atoms with Gasteiger partial charge in [-0.3, -0.25) is 4.79 Å². The molecule has 0 bridgehead atoms. The zero-order valence-corrected chi connectivity index (χ0v) is 14.7. The molecule has 0 radical (unpaired) electrons. The van der Waals surface area contributed by atoms with Crippen LogP contribution < -0.4 is 5.32 Å². The van der Waals surface area contributed by atoms with Gasteiger partial charge >= 0.3 is 5.97 Å². The highest BCUT2D eigenvalue weighted by molar-refractivity contribution is 6.42. The Morgan fingerprint density at radius 2 is 1.81 bits per heavy atom. The van der Waals surface area contributed by atoms with Crippen LogP contribution in [0.5, 0.6) is 0 Å². The first-order valence-corrected chi connectivity index (χ1v) is 8.21. The first kappa shape index (κ1) is 18.0. The molecule has 2 N–H and O–H groups in total. The monoisotopic (exact) mass is 390 g/mol. The lowest BCUT2D eigenvalue weighted by molar-refractivity contribution is 0.0696. The number of hydrogen-bond donors (Lipinski definition) is 2. The van der Waals surface area contributed by atoms with Gasteiger partial charge in [0.15, 0.2) is 5.69 Å². The van der Waals surface area contributed by atoms with Crippen molar-refractivity contribution in [2.75, 3.05) is 0 Å². The Kier molecular flexibility index (Phi) is 5.25. The van der Waals surface area contributed by atoms with E-state index < -0.39 is 11.9 Å². The highest BCUT2D eigenvalue weighted by Crippen LogP contribution is 2.28. The molecule has 0 saturated heterocycles. The molecule has 0 atom stereocenters. The zero-order chi connectivity index (χ0) is 18.7. The Bertz CT molecular complexity index is 968. The summed E-state index contributed by atoms with van der Waals surface area (Å²) in [7, 11) is 0. The molecular weight excluding hydrogens is 379 g/mol. The van der Waals surface area contributed by atoms with Gasteiger partial charge in [-0.2, -0.15) is 0 Å². The Labute approximate surface area is 158 Å². The van der Waals surface area contributed by atoms with Gasteiger partial charge < -0.3 is 14.8 Å². The van der Waals surface area contributed by atoms with Crippen molar-refractivity contribution in [1.82, 2.24) is 10.3 Å². The molecule has 6 nitrogen and oxygen atoms in total. The molecule has 132 valence electrons. The van der Waals surface area contributed by atoms with E-state index in [9.17, 15) is 9.59 Å². The minimum Gasteiger partial charge on any atom is -0.478 e. The third-order valence-electron chi connectivity index (χ3n) is 3.56. The van der Waals surface area contributed by atoms with Crippen molar-refractivity contribution in [2.45, 2.75) is 6.54 Å². The topological polar surface area (TPSA) is 92.4 Å². The summed E-state index contributed by atoms with van der Waals surface area (Å²) in [5.74, 6) is -1.17. The smallest absolute Gasteiger partial charge is 0.335 e. The van der Waals surface area contributed by atoms with Gasteiger partial charge in [-0.25, -0.2) is 9.78 Å². The zero-order valence-electron chi connectivity index (χ0n) is 13.2. The second kappa shape index (κ2) is 7.59. The lowest BCUT2D eigenvalue weighted by Crippen LogP contribution is -2.23. The summed E-state index contributed by atoms with van der Waals surface area (Å²) < 4.78 is 5.32. The van der Waals surface area contributed by atoms with Crippen LogP contribution in [0.1, 0.15) is 26.4 Å². The number of nitrogens with zero attached hydrogens (tertiary/aromatic N) is 1. The summed E-state index contributed by atoms with van der Waals surface area (Å²) in [5, 5.41) is 12.3. The molecule has 1 aromatic heterocycles. The SMILES string of the molecule is O=C(O)c1ccc(CNC(=O)c2coc(-c3ccc(Cl)c(Cl)c3)n2)cc1. The molecule has 0 unspecified atom stereocenters. The standard InChI is InChI=1S/C18H12Cl2N2O4/c19-13-6-5-12(7-14(13)20)17-22-15(9-26-17)16(23)21-8-10-1-3-11(4-2-10)18(24)25/h1-7,9H,8H2,(H,21,23)(H,24,25). The lowest BCUT2D eigenvalue weighted by atomic mass is 10.1. The number of benzene rings is 2. The molecule has 3 aromatic rings. The van der Waals surface area contributed by atoms with Gasteiger partial charge in [0.1, 0.15) is 6.26 Å². The van der Waals surface area contributed by atoms with Crippen LogP contribution in [-0.2, 0) is 6.54 Å². The number of aromatic nitrogens is 1. The maximum absolute atomic E-state index is 12.2. The van der Waals surface area contributed by atoms with Crippen LogP contribution in [0.3, 0.4) is 0 Å². The molecule has 0 aliphatic carbocycles. The van der Waals surface area contributed by atoms with Gasteiger partial charge in [-0.05, 0) is 35.9 Å². The van der Waals surface area contributed by atoms with Gasteiger partial charge in [0.05, 0.1) is 15.6 Å². The van der Waals surface area contributed by atoms with Crippen molar-refractivity contribution in [3.8, 4) is 11.5 Å². The molecule has 26 heavy (non-hydrogen) atoms. The van der Waals surface area contributed by atoms with Crippen molar-refractivity contribution >= 4 is 35.1 Å². The maximum Gasteiger partial charge on any atom is 0.335 e. The number of carboxylic acid groups (broad SMARTS) is 1. The summed E-state index contributed by atoms with van der Waals surface area (Å²) in [6.45, 7) is 0.230. The number of halogens is 2. The van der Waals surface area contributed by atoms with E-state index in [1.807, 2.05) is 0 Å². The van der Waals surface area contributed by atoms with Gasteiger partial charge in [-0.1, -0.05) is 35.3 Å². The van der Waals surface area contributed by atoms with Gasteiger partial charge in [-0.15, -0.1) is 0 Å². The normalized spacial score (nSPS) is 10.5. The number of carboxylic acids is 1. The van der Waals surface area contributed by atoms with Crippen LogP contribution in [0.15, 0.2) is 53.1 Å². The molecule has 3 rings (SSSR count). The molecule has 0 aliphatic heterocycles. The molecule has 0 saturated carbocycles. The van der Waals surface area contributed by atoms with Crippen LogP contribution in [0, 0.1) is 0 Å². The highest BCUT2D eigenvalue weighted by Gasteiger charge is 2.14. The molecule has 2 aromatic carbocycles. The first-order valence-electron chi connectivity index (χ1n) is 7.45. The average Bonchev–Trinajstić information content (AvgIpc) is 3.12. The molecule has 1 amide bonds. The van der Waals surface area contributed by atoms with Crippen molar-refractivity contribution in [1.29, 1.82) is 0 Å². The molecule has 8 heteroatoms. The van der Waals surface area contributed by atoms with Crippen molar-refractivity contribution < 1.29 is 19.1 Å². The van der Waals surface area contributed by atoms with E-state index in [-0.39, 0.29) is 23.7 Å². The van der Waals surface area contributed by atoms with E-state index in [0.29, 0.717) is 15.6 Å². The van der Waals surface area contributed by atoms with E-state index in [1.54, 1.807) is 30.3 Å². The minimum absolute atomic E-state index is 0.119. The Morgan fingerprint density at radius 1 is 1.08 bits per heavy atom. The van der Waals surface area contributed by atoms with Gasteiger partial charge in [0.2, 0.25) is 5.89 Å². The number of carbonyl (C=O) groups is 2. The number of nitrogens with one attached hydrogen (secondary N) is 1. The van der Waals surface area contributed by atoms with Crippen LogP contribution in [0.25, 0.3) is 11.5 Å². The Balaban J connectivity index is 1.66. The van der Waals surface area contributed by atoms with E-state index in [0.717, 1.165) is 5.56 Å².